The maximum absolute atomic E-state index is 11.4. The highest BCUT2D eigenvalue weighted by Crippen LogP contribution is 1.98. The minimum Gasteiger partial charge on any atom is -0.349 e. The summed E-state index contributed by atoms with van der Waals surface area (Å²) >= 11 is 0. The number of ketones is 1. The van der Waals surface area contributed by atoms with Crippen LogP contribution < -0.4 is 11.1 Å². The summed E-state index contributed by atoms with van der Waals surface area (Å²) in [5.41, 5.74) is 6.61. The molecule has 1 unspecified atom stereocenters. The molecular formula is C13H18N2O2. The fourth-order valence-electron chi connectivity index (χ4n) is 1.41. The highest BCUT2D eigenvalue weighted by Gasteiger charge is 2.19. The molecule has 1 amide bonds. The van der Waals surface area contributed by atoms with Crippen LogP contribution in [0.2, 0.25) is 0 Å². The molecule has 0 aliphatic carbocycles. The minimum absolute atomic E-state index is 0.449. The number of nitrogens with one attached hydrogen (secondary N) is 1. The first kappa shape index (κ1) is 13.4. The monoisotopic (exact) mass is 234 g/mol. The van der Waals surface area contributed by atoms with E-state index in [1.54, 1.807) is 6.92 Å². The third-order valence-electron chi connectivity index (χ3n) is 2.54. The van der Waals surface area contributed by atoms with Crippen molar-refractivity contribution in [2.45, 2.75) is 25.8 Å². The summed E-state index contributed by atoms with van der Waals surface area (Å²) < 4.78 is 0. The molecule has 0 bridgehead atoms. The molecule has 1 atom stereocenters. The Morgan fingerprint density at radius 2 is 1.94 bits per heavy atom. The summed E-state index contributed by atoms with van der Waals surface area (Å²) in [5.74, 6) is -1.13. The van der Waals surface area contributed by atoms with Gasteiger partial charge in [0.15, 0.2) is 0 Å². The Balaban J connectivity index is 2.32. The van der Waals surface area contributed by atoms with Gasteiger partial charge in [0.25, 0.3) is 5.91 Å². The molecule has 1 aromatic carbocycles. The molecule has 1 aromatic rings. The lowest BCUT2D eigenvalue weighted by Crippen LogP contribution is -2.42. The summed E-state index contributed by atoms with van der Waals surface area (Å²) in [6.45, 7) is 2.23. The zero-order valence-electron chi connectivity index (χ0n) is 9.98. The zero-order chi connectivity index (χ0) is 12.7. The van der Waals surface area contributed by atoms with Crippen molar-refractivity contribution in [1.82, 2.24) is 5.32 Å². The van der Waals surface area contributed by atoms with E-state index in [1.165, 1.54) is 0 Å². The van der Waals surface area contributed by atoms with Crippen LogP contribution in [0.5, 0.6) is 0 Å². The number of rotatable bonds is 6. The Kier molecular flexibility index (Phi) is 5.36. The van der Waals surface area contributed by atoms with Crippen molar-refractivity contribution < 1.29 is 9.59 Å². The summed E-state index contributed by atoms with van der Waals surface area (Å²) in [7, 11) is 0. The van der Waals surface area contributed by atoms with Crippen molar-refractivity contribution in [2.24, 2.45) is 5.73 Å². The number of hydrogen-bond acceptors (Lipinski definition) is 3. The van der Waals surface area contributed by atoms with Gasteiger partial charge in [-0.1, -0.05) is 37.3 Å². The number of hydrogen-bond donors (Lipinski definition) is 2. The number of carbonyl (C=O) groups excluding carboxylic acids is 2. The van der Waals surface area contributed by atoms with Crippen LogP contribution in [-0.2, 0) is 16.0 Å². The van der Waals surface area contributed by atoms with Crippen LogP contribution in [0.25, 0.3) is 0 Å². The molecule has 0 spiro atoms. The topological polar surface area (TPSA) is 72.2 Å². The number of nitrogens with two attached hydrogens (primary N) is 1. The zero-order valence-corrected chi connectivity index (χ0v) is 9.98. The van der Waals surface area contributed by atoms with Gasteiger partial charge in [-0.2, -0.15) is 0 Å². The molecular weight excluding hydrogens is 216 g/mol. The van der Waals surface area contributed by atoms with Crippen LogP contribution in [0.15, 0.2) is 30.3 Å². The first-order valence-electron chi connectivity index (χ1n) is 5.76. The summed E-state index contributed by atoms with van der Waals surface area (Å²) in [6.07, 6.45) is 1.19. The lowest BCUT2D eigenvalue weighted by Gasteiger charge is -2.08. The second-order valence-corrected chi connectivity index (χ2v) is 3.87. The molecule has 0 fully saturated rings. The van der Waals surface area contributed by atoms with Crippen LogP contribution in [0, 0.1) is 0 Å². The summed E-state index contributed by atoms with van der Waals surface area (Å²) in [5, 5.41) is 2.58. The van der Waals surface area contributed by atoms with Gasteiger partial charge >= 0.3 is 0 Å². The van der Waals surface area contributed by atoms with E-state index >= 15 is 0 Å². The Morgan fingerprint density at radius 3 is 2.53 bits per heavy atom. The molecule has 3 N–H and O–H groups in total. The maximum atomic E-state index is 11.4. The number of benzene rings is 1. The Labute approximate surface area is 101 Å². The predicted molar refractivity (Wildman–Crippen MR) is 66.4 cm³/mol. The highest BCUT2D eigenvalue weighted by atomic mass is 16.2. The van der Waals surface area contributed by atoms with Crippen LogP contribution >= 0.6 is 0 Å². The van der Waals surface area contributed by atoms with E-state index in [9.17, 15) is 9.59 Å². The van der Waals surface area contributed by atoms with Crippen molar-refractivity contribution in [2.75, 3.05) is 6.54 Å². The van der Waals surface area contributed by atoms with Gasteiger partial charge in [0.05, 0.1) is 6.04 Å². The Bertz CT molecular complexity index is 376. The molecule has 0 aliphatic rings. The molecule has 4 heteroatoms. The van der Waals surface area contributed by atoms with Gasteiger partial charge in [-0.15, -0.1) is 0 Å². The predicted octanol–water partition coefficient (Wildman–Crippen LogP) is 0.652. The SMILES string of the molecule is CCC(N)C(=O)C(=O)NCCc1ccccc1. The molecule has 0 heterocycles. The van der Waals surface area contributed by atoms with Crippen molar-refractivity contribution in [3.8, 4) is 0 Å². The van der Waals surface area contributed by atoms with Crippen molar-refractivity contribution in [3.63, 3.8) is 0 Å². The molecule has 4 nitrogen and oxygen atoms in total. The standard InChI is InChI=1S/C13H18N2O2/c1-2-11(14)12(16)13(17)15-9-8-10-6-4-3-5-7-10/h3-7,11H,2,8-9,14H2,1H3,(H,15,17). The first-order chi connectivity index (χ1) is 8.15. The van der Waals surface area contributed by atoms with Gasteiger partial charge in [0.1, 0.15) is 0 Å². The molecule has 0 radical (unpaired) electrons. The quantitative estimate of drug-likeness (QED) is 0.710. The second kappa shape index (κ2) is 6.81. The normalized spacial score (nSPS) is 11.9. The molecule has 0 aliphatic heterocycles. The summed E-state index contributed by atoms with van der Waals surface area (Å²) in [6, 6.07) is 9.08. The average molecular weight is 234 g/mol. The number of carbonyl (C=O) groups is 2. The van der Waals surface area contributed by atoms with Crippen LogP contribution in [0.3, 0.4) is 0 Å². The van der Waals surface area contributed by atoms with E-state index in [2.05, 4.69) is 5.32 Å². The molecule has 0 saturated carbocycles. The maximum Gasteiger partial charge on any atom is 0.289 e. The molecule has 0 saturated heterocycles. The second-order valence-electron chi connectivity index (χ2n) is 3.87. The smallest absolute Gasteiger partial charge is 0.289 e. The van der Waals surface area contributed by atoms with Gasteiger partial charge in [0.2, 0.25) is 5.78 Å². The Morgan fingerprint density at radius 1 is 1.29 bits per heavy atom. The summed E-state index contributed by atoms with van der Waals surface area (Å²) in [4.78, 5) is 22.8. The lowest BCUT2D eigenvalue weighted by molar-refractivity contribution is -0.138. The van der Waals surface area contributed by atoms with E-state index < -0.39 is 17.7 Å². The molecule has 92 valence electrons. The third kappa shape index (κ3) is 4.36. The van der Waals surface area contributed by atoms with E-state index in [-0.39, 0.29) is 0 Å². The van der Waals surface area contributed by atoms with Gasteiger partial charge in [-0.05, 0) is 18.4 Å². The molecule has 1 rings (SSSR count). The Hall–Kier alpha value is -1.68. The van der Waals surface area contributed by atoms with Crippen LogP contribution in [0.1, 0.15) is 18.9 Å². The minimum atomic E-state index is -0.688. The van der Waals surface area contributed by atoms with Crippen LogP contribution in [0.4, 0.5) is 0 Å². The van der Waals surface area contributed by atoms with Crippen LogP contribution in [-0.4, -0.2) is 24.3 Å². The third-order valence-corrected chi connectivity index (χ3v) is 2.54. The number of amides is 1. The highest BCUT2D eigenvalue weighted by molar-refractivity contribution is 6.38. The van der Waals surface area contributed by atoms with Gasteiger partial charge in [-0.25, -0.2) is 0 Å². The fourth-order valence-corrected chi connectivity index (χ4v) is 1.41. The van der Waals surface area contributed by atoms with E-state index in [4.69, 9.17) is 5.73 Å². The van der Waals surface area contributed by atoms with E-state index in [0.29, 0.717) is 19.4 Å². The van der Waals surface area contributed by atoms with Gasteiger partial charge in [0, 0.05) is 6.54 Å². The average Bonchev–Trinajstić information content (AvgIpc) is 2.38. The lowest BCUT2D eigenvalue weighted by atomic mass is 10.1. The van der Waals surface area contributed by atoms with Crippen molar-refractivity contribution in [1.29, 1.82) is 0 Å². The van der Waals surface area contributed by atoms with Crippen molar-refractivity contribution in [3.05, 3.63) is 35.9 Å². The largest absolute Gasteiger partial charge is 0.349 e. The van der Waals surface area contributed by atoms with Gasteiger partial charge in [-0.3, -0.25) is 9.59 Å². The molecule has 0 aromatic heterocycles. The van der Waals surface area contributed by atoms with Crippen molar-refractivity contribution >= 4 is 11.7 Å². The molecule has 17 heavy (non-hydrogen) atoms. The van der Waals surface area contributed by atoms with Gasteiger partial charge < -0.3 is 11.1 Å². The fraction of sp³-hybridized carbons (Fsp3) is 0.385. The van der Waals surface area contributed by atoms with E-state index in [1.807, 2.05) is 30.3 Å². The first-order valence-corrected chi connectivity index (χ1v) is 5.76. The number of Topliss-reactive ketones (excluding diaryl/α,β-unsaturated/α-hetero) is 1. The van der Waals surface area contributed by atoms with E-state index in [0.717, 1.165) is 5.56 Å².